The fourth-order valence-electron chi connectivity index (χ4n) is 3.54. The normalized spacial score (nSPS) is 38.0. The molecule has 0 aromatic rings. The van der Waals surface area contributed by atoms with E-state index in [1.54, 1.807) is 11.1 Å². The maximum absolute atomic E-state index is 11.4. The summed E-state index contributed by atoms with van der Waals surface area (Å²) in [6, 6.07) is 0. The van der Waals surface area contributed by atoms with Crippen LogP contribution in [0.5, 0.6) is 0 Å². The van der Waals surface area contributed by atoms with E-state index in [2.05, 4.69) is 0 Å². The first-order valence-corrected chi connectivity index (χ1v) is 5.57. The van der Waals surface area contributed by atoms with Crippen LogP contribution in [0.3, 0.4) is 0 Å². The Balaban J connectivity index is 1.87. The standard InChI is InChI=1S/C12H16O/c13-10-5-4-9-6-8-2-1-3-11(8)12(9)7-10/h9,12H,1-7H2/t9-,12-/m0/s1. The van der Waals surface area contributed by atoms with Crippen molar-refractivity contribution in [2.24, 2.45) is 11.8 Å². The summed E-state index contributed by atoms with van der Waals surface area (Å²) in [4.78, 5) is 11.4. The molecule has 0 heterocycles. The highest BCUT2D eigenvalue weighted by Gasteiger charge is 2.39. The van der Waals surface area contributed by atoms with Crippen molar-refractivity contribution in [1.82, 2.24) is 0 Å². The van der Waals surface area contributed by atoms with Crippen LogP contribution in [-0.4, -0.2) is 5.78 Å². The first-order valence-electron chi connectivity index (χ1n) is 5.57. The summed E-state index contributed by atoms with van der Waals surface area (Å²) >= 11 is 0. The van der Waals surface area contributed by atoms with Crippen molar-refractivity contribution in [1.29, 1.82) is 0 Å². The molecule has 0 unspecified atom stereocenters. The number of carbonyl (C=O) groups excluding carboxylic acids is 1. The monoisotopic (exact) mass is 176 g/mol. The Hall–Kier alpha value is -0.590. The zero-order chi connectivity index (χ0) is 8.84. The molecule has 3 aliphatic rings. The van der Waals surface area contributed by atoms with Gasteiger partial charge in [-0.25, -0.2) is 0 Å². The topological polar surface area (TPSA) is 17.1 Å². The zero-order valence-corrected chi connectivity index (χ0v) is 8.01. The van der Waals surface area contributed by atoms with Crippen molar-refractivity contribution in [2.45, 2.75) is 44.9 Å². The SMILES string of the molecule is O=C1CC[C@H]2CC3=C(CCC3)[C@H]2C1. The first-order chi connectivity index (χ1) is 6.34. The molecule has 0 aliphatic heterocycles. The Morgan fingerprint density at radius 1 is 1.08 bits per heavy atom. The molecule has 0 aromatic heterocycles. The average molecular weight is 176 g/mol. The van der Waals surface area contributed by atoms with E-state index in [0.29, 0.717) is 11.7 Å². The second-order valence-corrected chi connectivity index (χ2v) is 4.83. The van der Waals surface area contributed by atoms with E-state index in [0.717, 1.165) is 18.8 Å². The highest BCUT2D eigenvalue weighted by molar-refractivity contribution is 5.80. The Morgan fingerprint density at radius 3 is 2.92 bits per heavy atom. The molecule has 13 heavy (non-hydrogen) atoms. The van der Waals surface area contributed by atoms with Gasteiger partial charge < -0.3 is 0 Å². The molecule has 70 valence electrons. The second kappa shape index (κ2) is 2.70. The van der Waals surface area contributed by atoms with Crippen LogP contribution in [0, 0.1) is 11.8 Å². The third kappa shape index (κ3) is 1.09. The van der Waals surface area contributed by atoms with Crippen LogP contribution in [-0.2, 0) is 4.79 Å². The van der Waals surface area contributed by atoms with Crippen LogP contribution in [0.4, 0.5) is 0 Å². The molecule has 1 fully saturated rings. The van der Waals surface area contributed by atoms with E-state index < -0.39 is 0 Å². The van der Waals surface area contributed by atoms with Gasteiger partial charge in [0.15, 0.2) is 0 Å². The minimum Gasteiger partial charge on any atom is -0.300 e. The van der Waals surface area contributed by atoms with Crippen LogP contribution < -0.4 is 0 Å². The molecule has 2 atom stereocenters. The van der Waals surface area contributed by atoms with Crippen molar-refractivity contribution in [3.8, 4) is 0 Å². The number of Topliss-reactive ketones (excluding diaryl/α,β-unsaturated/α-hetero) is 1. The molecular weight excluding hydrogens is 160 g/mol. The lowest BCUT2D eigenvalue weighted by molar-refractivity contribution is -0.122. The van der Waals surface area contributed by atoms with Gasteiger partial charge in [-0.15, -0.1) is 0 Å². The summed E-state index contributed by atoms with van der Waals surface area (Å²) in [5.41, 5.74) is 3.45. The highest BCUT2D eigenvalue weighted by atomic mass is 16.1. The summed E-state index contributed by atoms with van der Waals surface area (Å²) < 4.78 is 0. The number of hydrogen-bond acceptors (Lipinski definition) is 1. The molecule has 0 radical (unpaired) electrons. The second-order valence-electron chi connectivity index (χ2n) is 4.83. The molecule has 0 bridgehead atoms. The summed E-state index contributed by atoms with van der Waals surface area (Å²) in [5.74, 6) is 2.07. The van der Waals surface area contributed by atoms with Crippen LogP contribution in [0.2, 0.25) is 0 Å². The van der Waals surface area contributed by atoms with Gasteiger partial charge in [0.25, 0.3) is 0 Å². The van der Waals surface area contributed by atoms with E-state index in [1.165, 1.54) is 32.1 Å². The van der Waals surface area contributed by atoms with Gasteiger partial charge in [-0.1, -0.05) is 11.1 Å². The molecule has 1 nitrogen and oxygen atoms in total. The van der Waals surface area contributed by atoms with E-state index in [4.69, 9.17) is 0 Å². The lowest BCUT2D eigenvalue weighted by Gasteiger charge is -2.26. The molecule has 1 heteroatoms. The molecule has 3 rings (SSSR count). The minimum absolute atomic E-state index is 0.516. The van der Waals surface area contributed by atoms with E-state index in [9.17, 15) is 4.79 Å². The predicted molar refractivity (Wildman–Crippen MR) is 51.3 cm³/mol. The molecule has 0 saturated heterocycles. The van der Waals surface area contributed by atoms with Crippen LogP contribution >= 0.6 is 0 Å². The van der Waals surface area contributed by atoms with Gasteiger partial charge in [0, 0.05) is 12.8 Å². The highest BCUT2D eigenvalue weighted by Crippen LogP contribution is 2.50. The average Bonchev–Trinajstić information content (AvgIpc) is 2.64. The summed E-state index contributed by atoms with van der Waals surface area (Å²) in [6.45, 7) is 0. The molecule has 0 spiro atoms. The van der Waals surface area contributed by atoms with E-state index in [1.807, 2.05) is 0 Å². The van der Waals surface area contributed by atoms with Gasteiger partial charge in [-0.3, -0.25) is 4.79 Å². The van der Waals surface area contributed by atoms with Gasteiger partial charge in [0.05, 0.1) is 0 Å². The third-order valence-electron chi connectivity index (χ3n) is 4.15. The van der Waals surface area contributed by atoms with Crippen molar-refractivity contribution in [2.75, 3.05) is 0 Å². The van der Waals surface area contributed by atoms with Crippen molar-refractivity contribution >= 4 is 5.78 Å². The van der Waals surface area contributed by atoms with Crippen molar-refractivity contribution < 1.29 is 4.79 Å². The maximum Gasteiger partial charge on any atom is 0.133 e. The maximum atomic E-state index is 11.4. The van der Waals surface area contributed by atoms with Gasteiger partial charge in [0.1, 0.15) is 5.78 Å². The van der Waals surface area contributed by atoms with Gasteiger partial charge >= 0.3 is 0 Å². The van der Waals surface area contributed by atoms with E-state index >= 15 is 0 Å². The third-order valence-corrected chi connectivity index (χ3v) is 4.15. The number of hydrogen-bond donors (Lipinski definition) is 0. The Morgan fingerprint density at radius 2 is 2.00 bits per heavy atom. The number of ketones is 1. The number of fused-ring (bicyclic) bond motifs is 2. The first kappa shape index (κ1) is 7.78. The van der Waals surface area contributed by atoms with Crippen molar-refractivity contribution in [3.63, 3.8) is 0 Å². The molecule has 0 N–H and O–H groups in total. The lowest BCUT2D eigenvalue weighted by Crippen LogP contribution is -2.22. The van der Waals surface area contributed by atoms with Gasteiger partial charge in [-0.05, 0) is 43.9 Å². The minimum atomic E-state index is 0.516. The van der Waals surface area contributed by atoms with Gasteiger partial charge in [-0.2, -0.15) is 0 Å². The molecule has 3 aliphatic carbocycles. The molecular formula is C12H16O. The van der Waals surface area contributed by atoms with E-state index in [-0.39, 0.29) is 0 Å². The predicted octanol–water partition coefficient (Wildman–Crippen LogP) is 2.86. The Bertz CT molecular complexity index is 287. The summed E-state index contributed by atoms with van der Waals surface area (Å²) in [7, 11) is 0. The molecule has 0 amide bonds. The van der Waals surface area contributed by atoms with Crippen molar-refractivity contribution in [3.05, 3.63) is 11.1 Å². The fraction of sp³-hybridized carbons (Fsp3) is 0.750. The fourth-order valence-corrected chi connectivity index (χ4v) is 3.54. The number of allylic oxidation sites excluding steroid dienone is 2. The van der Waals surface area contributed by atoms with Gasteiger partial charge in [0.2, 0.25) is 0 Å². The quantitative estimate of drug-likeness (QED) is 0.519. The summed E-state index contributed by atoms with van der Waals surface area (Å²) in [6.07, 6.45) is 8.28. The zero-order valence-electron chi connectivity index (χ0n) is 8.01. The molecule has 1 saturated carbocycles. The number of carbonyl (C=O) groups is 1. The summed E-state index contributed by atoms with van der Waals surface area (Å²) in [5, 5.41) is 0. The van der Waals surface area contributed by atoms with Crippen LogP contribution in [0.15, 0.2) is 11.1 Å². The van der Waals surface area contributed by atoms with Crippen LogP contribution in [0.25, 0.3) is 0 Å². The Labute approximate surface area is 79.2 Å². The van der Waals surface area contributed by atoms with Crippen LogP contribution in [0.1, 0.15) is 44.9 Å². The number of rotatable bonds is 0. The lowest BCUT2D eigenvalue weighted by atomic mass is 9.77. The Kier molecular flexibility index (Phi) is 1.61. The smallest absolute Gasteiger partial charge is 0.133 e. The molecule has 0 aromatic carbocycles. The largest absolute Gasteiger partial charge is 0.300 e.